The quantitative estimate of drug-likeness (QED) is 0.907. The minimum absolute atomic E-state index is 0.143. The van der Waals surface area contributed by atoms with Gasteiger partial charge in [0.15, 0.2) is 0 Å². The molecule has 20 heavy (non-hydrogen) atoms. The van der Waals surface area contributed by atoms with E-state index >= 15 is 0 Å². The van der Waals surface area contributed by atoms with Crippen molar-refractivity contribution < 1.29 is 17.7 Å². The number of nitrogens with two attached hydrogens (primary N) is 1. The number of anilines is 2. The lowest BCUT2D eigenvalue weighted by atomic mass is 10.2. The number of nitrogen functional groups attached to an aromatic ring is 1. The van der Waals surface area contributed by atoms with Gasteiger partial charge in [-0.1, -0.05) is 5.16 Å². The van der Waals surface area contributed by atoms with Crippen molar-refractivity contribution in [3.05, 3.63) is 35.0 Å². The van der Waals surface area contributed by atoms with Crippen LogP contribution in [0.2, 0.25) is 0 Å². The summed E-state index contributed by atoms with van der Waals surface area (Å²) in [6, 6.07) is 0.882. The first kappa shape index (κ1) is 14.2. The van der Waals surface area contributed by atoms with E-state index in [1.807, 2.05) is 0 Å². The Bertz CT molecular complexity index is 602. The molecule has 108 valence electrons. The SMILES string of the molecule is Cc1noc(C)c1CNc1cc(C(F)(F)F)ncc1N. The first-order valence-electron chi connectivity index (χ1n) is 5.77. The van der Waals surface area contributed by atoms with Crippen LogP contribution in [-0.4, -0.2) is 10.1 Å². The molecule has 0 atom stereocenters. The fourth-order valence-electron chi connectivity index (χ4n) is 1.71. The van der Waals surface area contributed by atoms with Gasteiger partial charge in [-0.25, -0.2) is 4.98 Å². The maximum atomic E-state index is 12.6. The Hall–Kier alpha value is -2.25. The highest BCUT2D eigenvalue weighted by Crippen LogP contribution is 2.31. The Labute approximate surface area is 113 Å². The summed E-state index contributed by atoms with van der Waals surface area (Å²) in [4.78, 5) is 3.27. The van der Waals surface area contributed by atoms with Gasteiger partial charge in [0.2, 0.25) is 0 Å². The molecule has 8 heteroatoms. The maximum Gasteiger partial charge on any atom is 0.433 e. The second-order valence-corrected chi connectivity index (χ2v) is 4.31. The van der Waals surface area contributed by atoms with Crippen molar-refractivity contribution in [3.63, 3.8) is 0 Å². The molecule has 0 spiro atoms. The van der Waals surface area contributed by atoms with E-state index in [0.717, 1.165) is 17.8 Å². The molecule has 2 aromatic heterocycles. The maximum absolute atomic E-state index is 12.6. The average Bonchev–Trinajstić information content (AvgIpc) is 2.67. The smallest absolute Gasteiger partial charge is 0.396 e. The van der Waals surface area contributed by atoms with Crippen molar-refractivity contribution in [2.75, 3.05) is 11.1 Å². The van der Waals surface area contributed by atoms with Gasteiger partial charge in [0.25, 0.3) is 0 Å². The van der Waals surface area contributed by atoms with Crippen LogP contribution in [0.15, 0.2) is 16.8 Å². The third-order valence-electron chi connectivity index (χ3n) is 2.86. The molecule has 0 fully saturated rings. The summed E-state index contributed by atoms with van der Waals surface area (Å²) in [7, 11) is 0. The Balaban J connectivity index is 2.21. The summed E-state index contributed by atoms with van der Waals surface area (Å²) in [6.07, 6.45) is -3.52. The van der Waals surface area contributed by atoms with Crippen LogP contribution in [0.4, 0.5) is 24.5 Å². The Morgan fingerprint density at radius 1 is 1.35 bits per heavy atom. The fourth-order valence-corrected chi connectivity index (χ4v) is 1.71. The molecule has 0 aliphatic heterocycles. The van der Waals surface area contributed by atoms with Crippen LogP contribution >= 0.6 is 0 Å². The number of hydrogen-bond donors (Lipinski definition) is 2. The van der Waals surface area contributed by atoms with Crippen LogP contribution in [0, 0.1) is 13.8 Å². The molecule has 2 rings (SSSR count). The zero-order valence-corrected chi connectivity index (χ0v) is 10.9. The summed E-state index contributed by atoms with van der Waals surface area (Å²) < 4.78 is 42.7. The van der Waals surface area contributed by atoms with E-state index in [9.17, 15) is 13.2 Å². The lowest BCUT2D eigenvalue weighted by Gasteiger charge is -2.12. The highest BCUT2D eigenvalue weighted by molar-refractivity contribution is 5.65. The van der Waals surface area contributed by atoms with Crippen LogP contribution in [0.25, 0.3) is 0 Å². The van der Waals surface area contributed by atoms with Crippen molar-refractivity contribution in [1.82, 2.24) is 10.1 Å². The van der Waals surface area contributed by atoms with Gasteiger partial charge in [-0.3, -0.25) is 0 Å². The van der Waals surface area contributed by atoms with Gasteiger partial charge < -0.3 is 15.6 Å². The molecule has 0 saturated heterocycles. The van der Waals surface area contributed by atoms with Gasteiger partial charge in [0.1, 0.15) is 11.5 Å². The molecule has 2 heterocycles. The first-order valence-corrected chi connectivity index (χ1v) is 5.77. The third-order valence-corrected chi connectivity index (χ3v) is 2.86. The normalized spacial score (nSPS) is 11.7. The van der Waals surface area contributed by atoms with Gasteiger partial charge in [-0.15, -0.1) is 0 Å². The lowest BCUT2D eigenvalue weighted by molar-refractivity contribution is -0.141. The number of aryl methyl sites for hydroxylation is 2. The molecular formula is C12H13F3N4O. The summed E-state index contributed by atoms with van der Waals surface area (Å²) in [5.74, 6) is 0.610. The molecule has 0 saturated carbocycles. The number of halogens is 3. The van der Waals surface area contributed by atoms with Crippen LogP contribution < -0.4 is 11.1 Å². The van der Waals surface area contributed by atoms with Crippen LogP contribution in [-0.2, 0) is 12.7 Å². The van der Waals surface area contributed by atoms with Crippen LogP contribution in [0.5, 0.6) is 0 Å². The van der Waals surface area contributed by atoms with E-state index in [-0.39, 0.29) is 17.9 Å². The van der Waals surface area contributed by atoms with E-state index in [2.05, 4.69) is 15.5 Å². The number of hydrogen-bond acceptors (Lipinski definition) is 5. The van der Waals surface area contributed by atoms with E-state index in [1.165, 1.54) is 0 Å². The van der Waals surface area contributed by atoms with Crippen molar-refractivity contribution >= 4 is 11.4 Å². The molecule has 0 aromatic carbocycles. The molecule has 2 aromatic rings. The highest BCUT2D eigenvalue weighted by Gasteiger charge is 2.32. The highest BCUT2D eigenvalue weighted by atomic mass is 19.4. The molecule has 0 radical (unpaired) electrons. The monoisotopic (exact) mass is 286 g/mol. The molecule has 0 aliphatic carbocycles. The van der Waals surface area contributed by atoms with E-state index < -0.39 is 11.9 Å². The van der Waals surface area contributed by atoms with Crippen LogP contribution in [0.1, 0.15) is 22.7 Å². The average molecular weight is 286 g/mol. The van der Waals surface area contributed by atoms with E-state index in [0.29, 0.717) is 11.5 Å². The summed E-state index contributed by atoms with van der Waals surface area (Å²) >= 11 is 0. The van der Waals surface area contributed by atoms with Gasteiger partial charge >= 0.3 is 6.18 Å². The zero-order chi connectivity index (χ0) is 14.9. The van der Waals surface area contributed by atoms with E-state index in [4.69, 9.17) is 10.3 Å². The van der Waals surface area contributed by atoms with Gasteiger partial charge in [-0.2, -0.15) is 13.2 Å². The number of rotatable bonds is 3. The molecule has 0 unspecified atom stereocenters. The Morgan fingerprint density at radius 2 is 2.05 bits per heavy atom. The molecular weight excluding hydrogens is 273 g/mol. The number of alkyl halides is 3. The summed E-state index contributed by atoms with van der Waals surface area (Å²) in [5.41, 5.74) is 6.41. The molecule has 0 amide bonds. The molecule has 0 aliphatic rings. The van der Waals surface area contributed by atoms with Crippen molar-refractivity contribution in [2.24, 2.45) is 0 Å². The van der Waals surface area contributed by atoms with Crippen molar-refractivity contribution in [3.8, 4) is 0 Å². The third kappa shape index (κ3) is 2.84. The predicted octanol–water partition coefficient (Wildman–Crippen LogP) is 2.90. The topological polar surface area (TPSA) is 77.0 Å². The van der Waals surface area contributed by atoms with Gasteiger partial charge in [-0.05, 0) is 19.9 Å². The van der Waals surface area contributed by atoms with Gasteiger partial charge in [0, 0.05) is 12.1 Å². The number of nitrogens with zero attached hydrogens (tertiary/aromatic N) is 2. The molecule has 0 bridgehead atoms. The predicted molar refractivity (Wildman–Crippen MR) is 67.0 cm³/mol. The number of aromatic nitrogens is 2. The minimum atomic E-state index is -4.51. The second kappa shape index (κ2) is 5.03. The molecule has 5 nitrogen and oxygen atoms in total. The van der Waals surface area contributed by atoms with Crippen LogP contribution in [0.3, 0.4) is 0 Å². The Kier molecular flexibility index (Phi) is 3.56. The minimum Gasteiger partial charge on any atom is -0.396 e. The Morgan fingerprint density at radius 3 is 2.60 bits per heavy atom. The standard InChI is InChI=1S/C12H13F3N4O/c1-6-8(7(2)20-19-6)4-17-10-3-11(12(13,14)15)18-5-9(10)16/h3,5H,4,16H2,1-2H3,(H,17,18). The van der Waals surface area contributed by atoms with E-state index in [1.54, 1.807) is 13.8 Å². The lowest BCUT2D eigenvalue weighted by Crippen LogP contribution is -2.11. The number of pyridine rings is 1. The largest absolute Gasteiger partial charge is 0.433 e. The number of nitrogens with one attached hydrogen (secondary N) is 1. The summed E-state index contributed by atoms with van der Waals surface area (Å²) in [6.45, 7) is 3.76. The summed E-state index contributed by atoms with van der Waals surface area (Å²) in [5, 5.41) is 6.61. The van der Waals surface area contributed by atoms with Crippen molar-refractivity contribution in [1.29, 1.82) is 0 Å². The fraction of sp³-hybridized carbons (Fsp3) is 0.333. The zero-order valence-electron chi connectivity index (χ0n) is 10.9. The van der Waals surface area contributed by atoms with Crippen molar-refractivity contribution in [2.45, 2.75) is 26.6 Å². The molecule has 3 N–H and O–H groups in total. The second-order valence-electron chi connectivity index (χ2n) is 4.31. The first-order chi connectivity index (χ1) is 9.29. The van der Waals surface area contributed by atoms with Gasteiger partial charge in [0.05, 0.1) is 23.3 Å².